The third-order valence-electron chi connectivity index (χ3n) is 2.35. The van der Waals surface area contributed by atoms with Crippen molar-refractivity contribution in [2.75, 3.05) is 0 Å². The Morgan fingerprint density at radius 1 is 1.47 bits per heavy atom. The number of carbonyl (C=O) groups excluding carboxylic acids is 1. The van der Waals surface area contributed by atoms with Crippen LogP contribution >= 0.6 is 11.3 Å². The number of hydrogen-bond acceptors (Lipinski definition) is 3. The molecule has 4 heteroatoms. The molecule has 1 heterocycles. The minimum Gasteiger partial charge on any atom is -0.347 e. The third kappa shape index (κ3) is 3.32. The van der Waals surface area contributed by atoms with Crippen molar-refractivity contribution >= 4 is 17.2 Å². The molecule has 0 spiro atoms. The number of nitrogens with one attached hydrogen (secondary N) is 1. The van der Waals surface area contributed by atoms with Crippen LogP contribution in [0.2, 0.25) is 0 Å². The van der Waals surface area contributed by atoms with E-state index in [2.05, 4.69) is 5.32 Å². The first-order valence-electron chi connectivity index (χ1n) is 5.11. The van der Waals surface area contributed by atoms with Crippen LogP contribution in [0.4, 0.5) is 0 Å². The van der Waals surface area contributed by atoms with Crippen molar-refractivity contribution in [3.63, 3.8) is 0 Å². The van der Waals surface area contributed by atoms with E-state index >= 15 is 0 Å². The number of thiophene rings is 1. The van der Waals surface area contributed by atoms with Crippen LogP contribution < -0.4 is 11.1 Å². The van der Waals surface area contributed by atoms with Gasteiger partial charge < -0.3 is 11.1 Å². The van der Waals surface area contributed by atoms with Gasteiger partial charge in [0.15, 0.2) is 0 Å². The monoisotopic (exact) mass is 226 g/mol. The Kier molecular flexibility index (Phi) is 4.29. The summed E-state index contributed by atoms with van der Waals surface area (Å²) in [5.41, 5.74) is 5.75. The van der Waals surface area contributed by atoms with E-state index in [4.69, 9.17) is 5.73 Å². The summed E-state index contributed by atoms with van der Waals surface area (Å²) in [4.78, 5) is 12.8. The van der Waals surface area contributed by atoms with Crippen LogP contribution in [0.5, 0.6) is 0 Å². The molecule has 0 bridgehead atoms. The van der Waals surface area contributed by atoms with E-state index in [1.54, 1.807) is 11.3 Å². The van der Waals surface area contributed by atoms with Gasteiger partial charge in [-0.05, 0) is 24.3 Å². The second-order valence-electron chi connectivity index (χ2n) is 4.02. The lowest BCUT2D eigenvalue weighted by atomic mass is 10.0. The Hall–Kier alpha value is -0.870. The van der Waals surface area contributed by atoms with Crippen LogP contribution in [0, 0.1) is 5.92 Å². The first-order chi connectivity index (χ1) is 7.02. The van der Waals surface area contributed by atoms with Gasteiger partial charge in [0.25, 0.3) is 0 Å². The normalized spacial score (nSPS) is 15.0. The minimum atomic E-state index is -0.424. The quantitative estimate of drug-likeness (QED) is 0.824. The smallest absolute Gasteiger partial charge is 0.237 e. The summed E-state index contributed by atoms with van der Waals surface area (Å²) in [6.07, 6.45) is 0. The van der Waals surface area contributed by atoms with Gasteiger partial charge in [-0.15, -0.1) is 11.3 Å². The van der Waals surface area contributed by atoms with Crippen molar-refractivity contribution in [3.8, 4) is 0 Å². The fraction of sp³-hybridized carbons (Fsp3) is 0.545. The first-order valence-corrected chi connectivity index (χ1v) is 5.99. The zero-order valence-corrected chi connectivity index (χ0v) is 10.2. The summed E-state index contributed by atoms with van der Waals surface area (Å²) in [7, 11) is 0. The molecule has 1 aromatic rings. The molecular formula is C11H18N2OS. The zero-order valence-electron chi connectivity index (χ0n) is 9.36. The summed E-state index contributed by atoms with van der Waals surface area (Å²) in [5, 5.41) is 4.91. The molecule has 1 aromatic heterocycles. The van der Waals surface area contributed by atoms with Gasteiger partial charge in [-0.3, -0.25) is 4.79 Å². The van der Waals surface area contributed by atoms with Gasteiger partial charge in [-0.2, -0.15) is 0 Å². The van der Waals surface area contributed by atoms with E-state index in [0.717, 1.165) is 4.88 Å². The Morgan fingerprint density at radius 3 is 2.60 bits per heavy atom. The van der Waals surface area contributed by atoms with E-state index in [-0.39, 0.29) is 17.9 Å². The average molecular weight is 226 g/mol. The Balaban J connectivity index is 2.52. The highest BCUT2D eigenvalue weighted by atomic mass is 32.1. The van der Waals surface area contributed by atoms with Crippen LogP contribution in [0.3, 0.4) is 0 Å². The Bertz CT molecular complexity index is 308. The summed E-state index contributed by atoms with van der Waals surface area (Å²) in [6.45, 7) is 5.86. The molecule has 15 heavy (non-hydrogen) atoms. The van der Waals surface area contributed by atoms with Crippen LogP contribution in [-0.2, 0) is 4.79 Å². The van der Waals surface area contributed by atoms with Gasteiger partial charge >= 0.3 is 0 Å². The van der Waals surface area contributed by atoms with Crippen molar-refractivity contribution in [1.82, 2.24) is 5.32 Å². The molecule has 1 amide bonds. The van der Waals surface area contributed by atoms with Crippen molar-refractivity contribution in [1.29, 1.82) is 0 Å². The van der Waals surface area contributed by atoms with E-state index < -0.39 is 6.04 Å². The van der Waals surface area contributed by atoms with Gasteiger partial charge in [-0.25, -0.2) is 0 Å². The van der Waals surface area contributed by atoms with Crippen molar-refractivity contribution < 1.29 is 4.79 Å². The molecular weight excluding hydrogens is 208 g/mol. The average Bonchev–Trinajstić information content (AvgIpc) is 2.68. The van der Waals surface area contributed by atoms with Gasteiger partial charge in [-0.1, -0.05) is 19.9 Å². The van der Waals surface area contributed by atoms with Crippen molar-refractivity contribution in [2.24, 2.45) is 11.7 Å². The molecule has 0 aromatic carbocycles. The molecule has 0 radical (unpaired) electrons. The number of hydrogen-bond donors (Lipinski definition) is 2. The predicted octanol–water partition coefficient (Wildman–Crippen LogP) is 1.91. The Morgan fingerprint density at radius 2 is 2.13 bits per heavy atom. The summed E-state index contributed by atoms with van der Waals surface area (Å²) in [6, 6.07) is 3.61. The number of carbonyl (C=O) groups is 1. The van der Waals surface area contributed by atoms with E-state index in [1.165, 1.54) is 0 Å². The van der Waals surface area contributed by atoms with Gasteiger partial charge in [0.1, 0.15) is 0 Å². The van der Waals surface area contributed by atoms with E-state index in [0.29, 0.717) is 0 Å². The molecule has 84 valence electrons. The number of amides is 1. The molecule has 3 nitrogen and oxygen atoms in total. The van der Waals surface area contributed by atoms with Crippen molar-refractivity contribution in [2.45, 2.75) is 32.9 Å². The zero-order chi connectivity index (χ0) is 11.4. The largest absolute Gasteiger partial charge is 0.347 e. The molecule has 0 saturated carbocycles. The van der Waals surface area contributed by atoms with Crippen LogP contribution in [-0.4, -0.2) is 11.9 Å². The second kappa shape index (κ2) is 5.28. The molecule has 0 fully saturated rings. The lowest BCUT2D eigenvalue weighted by Gasteiger charge is -2.18. The number of rotatable bonds is 4. The van der Waals surface area contributed by atoms with Gasteiger partial charge in [0.05, 0.1) is 12.1 Å². The fourth-order valence-electron chi connectivity index (χ4n) is 1.22. The topological polar surface area (TPSA) is 55.1 Å². The third-order valence-corrected chi connectivity index (χ3v) is 3.40. The second-order valence-corrected chi connectivity index (χ2v) is 4.99. The molecule has 1 rings (SSSR count). The molecule has 3 N–H and O–H groups in total. The maximum absolute atomic E-state index is 11.7. The standard InChI is InChI=1S/C11H18N2OS/c1-7(2)10(12)11(14)13-8(3)9-5-4-6-15-9/h4-8,10H,12H2,1-3H3,(H,13,14)/t8-,10?/m0/s1. The SMILES string of the molecule is CC(C)C(N)C(=O)N[C@@H](C)c1cccs1. The van der Waals surface area contributed by atoms with Crippen LogP contribution in [0.15, 0.2) is 17.5 Å². The van der Waals surface area contributed by atoms with Crippen molar-refractivity contribution in [3.05, 3.63) is 22.4 Å². The molecule has 2 atom stereocenters. The summed E-state index contributed by atoms with van der Waals surface area (Å²) >= 11 is 1.64. The minimum absolute atomic E-state index is 0.0438. The number of nitrogens with two attached hydrogens (primary N) is 1. The molecule has 0 aliphatic carbocycles. The van der Waals surface area contributed by atoms with E-state index in [9.17, 15) is 4.79 Å². The summed E-state index contributed by atoms with van der Waals surface area (Å²) in [5.74, 6) is 0.0893. The lowest BCUT2D eigenvalue weighted by molar-refractivity contribution is -0.123. The summed E-state index contributed by atoms with van der Waals surface area (Å²) < 4.78 is 0. The van der Waals surface area contributed by atoms with E-state index in [1.807, 2.05) is 38.3 Å². The molecule has 0 aliphatic heterocycles. The van der Waals surface area contributed by atoms with Gasteiger partial charge in [0, 0.05) is 4.88 Å². The fourth-order valence-corrected chi connectivity index (χ4v) is 1.96. The molecule has 0 aliphatic rings. The highest BCUT2D eigenvalue weighted by molar-refractivity contribution is 7.10. The van der Waals surface area contributed by atoms with Crippen LogP contribution in [0.1, 0.15) is 31.7 Å². The maximum atomic E-state index is 11.7. The van der Waals surface area contributed by atoms with Crippen LogP contribution in [0.25, 0.3) is 0 Å². The lowest BCUT2D eigenvalue weighted by Crippen LogP contribution is -2.44. The highest BCUT2D eigenvalue weighted by Crippen LogP contribution is 2.18. The highest BCUT2D eigenvalue weighted by Gasteiger charge is 2.19. The first kappa shape index (κ1) is 12.2. The maximum Gasteiger partial charge on any atom is 0.237 e. The molecule has 0 saturated heterocycles. The molecule has 1 unspecified atom stereocenters. The Labute approximate surface area is 94.7 Å². The predicted molar refractivity (Wildman–Crippen MR) is 63.7 cm³/mol. The van der Waals surface area contributed by atoms with Gasteiger partial charge in [0.2, 0.25) is 5.91 Å².